The molecule has 0 aliphatic rings. The minimum Gasteiger partial charge on any atom is -0.234 e. The maximum Gasteiger partial charge on any atom is 0.256 e. The number of unbranched alkanes of at least 4 members (excludes halogenated alkanes) is 4. The molecule has 0 saturated heterocycles. The first-order valence-corrected chi connectivity index (χ1v) is 9.46. The van der Waals surface area contributed by atoms with E-state index in [0.29, 0.717) is 0 Å². The van der Waals surface area contributed by atoms with E-state index in [2.05, 4.69) is 65.7 Å². The topological polar surface area (TPSA) is 8.81 Å². The molecule has 0 bridgehead atoms. The first-order valence-electron chi connectivity index (χ1n) is 9.46. The summed E-state index contributed by atoms with van der Waals surface area (Å²) in [7, 11) is 0. The quantitative estimate of drug-likeness (QED) is 0.410. The Balaban J connectivity index is 1.80. The fourth-order valence-electron chi connectivity index (χ4n) is 3.30. The van der Waals surface area contributed by atoms with Gasteiger partial charge in [0.15, 0.2) is 0 Å². The molecule has 2 rings (SSSR count). The van der Waals surface area contributed by atoms with E-state index < -0.39 is 0 Å². The third-order valence-electron chi connectivity index (χ3n) is 4.62. The van der Waals surface area contributed by atoms with E-state index >= 15 is 0 Å². The van der Waals surface area contributed by atoms with Crippen LogP contribution in [0.4, 0.5) is 0 Å². The number of aryl methyl sites for hydroxylation is 3. The highest BCUT2D eigenvalue weighted by molar-refractivity contribution is 5.14. The molecule has 0 radical (unpaired) electrons. The van der Waals surface area contributed by atoms with Crippen molar-refractivity contribution < 1.29 is 4.57 Å². The molecule has 0 atom stereocenters. The van der Waals surface area contributed by atoms with Crippen molar-refractivity contribution in [2.45, 2.75) is 78.3 Å². The molecule has 23 heavy (non-hydrogen) atoms. The van der Waals surface area contributed by atoms with Crippen molar-refractivity contribution in [2.24, 2.45) is 0 Å². The van der Waals surface area contributed by atoms with Crippen LogP contribution in [0.5, 0.6) is 0 Å². The molecule has 0 spiro atoms. The van der Waals surface area contributed by atoms with Gasteiger partial charge in [-0.3, -0.25) is 0 Å². The number of aromatic nitrogens is 2. The maximum atomic E-state index is 2.47. The molecule has 0 aliphatic heterocycles. The van der Waals surface area contributed by atoms with Crippen LogP contribution in [-0.2, 0) is 25.9 Å². The predicted molar refractivity (Wildman–Crippen MR) is 97.5 cm³/mol. The number of benzene rings is 1. The van der Waals surface area contributed by atoms with Gasteiger partial charge in [0, 0.05) is 6.42 Å². The normalized spacial score (nSPS) is 11.0. The van der Waals surface area contributed by atoms with E-state index in [0.717, 1.165) is 13.0 Å². The Morgan fingerprint density at radius 3 is 2.43 bits per heavy atom. The van der Waals surface area contributed by atoms with Gasteiger partial charge < -0.3 is 0 Å². The average molecular weight is 314 g/mol. The van der Waals surface area contributed by atoms with E-state index in [9.17, 15) is 0 Å². The van der Waals surface area contributed by atoms with Crippen molar-refractivity contribution in [2.75, 3.05) is 0 Å². The molecule has 0 fully saturated rings. The zero-order valence-electron chi connectivity index (χ0n) is 15.0. The molecule has 2 aromatic rings. The summed E-state index contributed by atoms with van der Waals surface area (Å²) in [6.45, 7) is 6.86. The van der Waals surface area contributed by atoms with Crippen LogP contribution in [0.2, 0.25) is 0 Å². The summed E-state index contributed by atoms with van der Waals surface area (Å²) in [6.07, 6.45) is 14.8. The van der Waals surface area contributed by atoms with E-state index in [1.165, 1.54) is 62.9 Å². The van der Waals surface area contributed by atoms with Crippen molar-refractivity contribution in [1.29, 1.82) is 0 Å². The Bertz CT molecular complexity index is 542. The Kier molecular flexibility index (Phi) is 7.92. The lowest BCUT2D eigenvalue weighted by Crippen LogP contribution is -2.37. The minimum absolute atomic E-state index is 1.12. The molecule has 1 heterocycles. The van der Waals surface area contributed by atoms with Gasteiger partial charge in [0.25, 0.3) is 5.82 Å². The summed E-state index contributed by atoms with van der Waals surface area (Å²) in [6, 6.07) is 10.8. The van der Waals surface area contributed by atoms with E-state index in [1.54, 1.807) is 0 Å². The molecule has 2 nitrogen and oxygen atoms in total. The van der Waals surface area contributed by atoms with Gasteiger partial charge in [-0.2, -0.15) is 0 Å². The van der Waals surface area contributed by atoms with Crippen LogP contribution in [0.25, 0.3) is 0 Å². The Hall–Kier alpha value is -1.57. The van der Waals surface area contributed by atoms with Gasteiger partial charge in [-0.25, -0.2) is 9.13 Å². The standard InChI is InChI=1S/C21H33N2/c1-3-5-6-7-11-16-22-18-19-23(21(22)4-2)17-12-15-20-13-9-8-10-14-20/h8-10,13-14,18-19H,3-7,11-12,15-17H2,1-2H3/q+1. The second kappa shape index (κ2) is 10.3. The minimum atomic E-state index is 1.12. The lowest BCUT2D eigenvalue weighted by Gasteiger charge is -2.04. The van der Waals surface area contributed by atoms with E-state index in [-0.39, 0.29) is 0 Å². The van der Waals surface area contributed by atoms with Gasteiger partial charge in [-0.05, 0) is 31.2 Å². The molecule has 0 aliphatic carbocycles. The summed E-state index contributed by atoms with van der Waals surface area (Å²) in [5.74, 6) is 1.48. The van der Waals surface area contributed by atoms with E-state index in [1.807, 2.05) is 0 Å². The summed E-state index contributed by atoms with van der Waals surface area (Å²) >= 11 is 0. The zero-order chi connectivity index (χ0) is 16.3. The highest BCUT2D eigenvalue weighted by atomic mass is 15.1. The molecule has 0 unspecified atom stereocenters. The second-order valence-corrected chi connectivity index (χ2v) is 6.46. The van der Waals surface area contributed by atoms with Crippen LogP contribution < -0.4 is 4.57 Å². The SMILES string of the molecule is CCCCCCCn1cc[n+](CCCc2ccccc2)c1CC. The number of rotatable bonds is 11. The van der Waals surface area contributed by atoms with Gasteiger partial charge in [0.2, 0.25) is 0 Å². The van der Waals surface area contributed by atoms with Crippen molar-refractivity contribution in [3.63, 3.8) is 0 Å². The molecule has 1 aromatic heterocycles. The van der Waals surface area contributed by atoms with E-state index in [4.69, 9.17) is 0 Å². The summed E-state index contributed by atoms with van der Waals surface area (Å²) in [5, 5.41) is 0. The third-order valence-corrected chi connectivity index (χ3v) is 4.62. The highest BCUT2D eigenvalue weighted by Gasteiger charge is 2.14. The Morgan fingerprint density at radius 2 is 1.70 bits per heavy atom. The number of imidazole rings is 1. The summed E-state index contributed by atoms with van der Waals surface area (Å²) < 4.78 is 4.92. The summed E-state index contributed by atoms with van der Waals surface area (Å²) in [5.41, 5.74) is 1.45. The second-order valence-electron chi connectivity index (χ2n) is 6.46. The molecule has 0 saturated carbocycles. The van der Waals surface area contributed by atoms with Crippen molar-refractivity contribution in [3.05, 3.63) is 54.1 Å². The Morgan fingerprint density at radius 1 is 0.913 bits per heavy atom. The van der Waals surface area contributed by atoms with Gasteiger partial charge >= 0.3 is 0 Å². The van der Waals surface area contributed by atoms with Crippen molar-refractivity contribution in [1.82, 2.24) is 4.57 Å². The van der Waals surface area contributed by atoms with Gasteiger partial charge in [-0.15, -0.1) is 0 Å². The largest absolute Gasteiger partial charge is 0.256 e. The van der Waals surface area contributed by atoms with Gasteiger partial charge in [-0.1, -0.05) is 63.4 Å². The van der Waals surface area contributed by atoms with Crippen molar-refractivity contribution in [3.8, 4) is 0 Å². The number of hydrogen-bond donors (Lipinski definition) is 0. The maximum absolute atomic E-state index is 2.47. The first kappa shape index (κ1) is 17.8. The Labute approximate surface area is 142 Å². The third kappa shape index (κ3) is 5.85. The van der Waals surface area contributed by atoms with Crippen LogP contribution in [0, 0.1) is 0 Å². The molecular weight excluding hydrogens is 280 g/mol. The lowest BCUT2D eigenvalue weighted by atomic mass is 10.1. The predicted octanol–water partition coefficient (Wildman–Crippen LogP) is 4.94. The first-order chi connectivity index (χ1) is 11.3. The zero-order valence-corrected chi connectivity index (χ0v) is 15.0. The lowest BCUT2D eigenvalue weighted by molar-refractivity contribution is -0.704. The monoisotopic (exact) mass is 313 g/mol. The number of nitrogens with zero attached hydrogens (tertiary/aromatic N) is 2. The molecule has 0 N–H and O–H groups in total. The smallest absolute Gasteiger partial charge is 0.234 e. The van der Waals surface area contributed by atoms with Gasteiger partial charge in [0.05, 0.1) is 13.1 Å². The molecule has 126 valence electrons. The molecule has 1 aromatic carbocycles. The molecular formula is C21H33N2+. The van der Waals surface area contributed by atoms with Crippen LogP contribution in [0.3, 0.4) is 0 Å². The fraction of sp³-hybridized carbons (Fsp3) is 0.571. The number of hydrogen-bond acceptors (Lipinski definition) is 0. The van der Waals surface area contributed by atoms with Crippen LogP contribution in [0.15, 0.2) is 42.7 Å². The molecule has 2 heteroatoms. The highest BCUT2D eigenvalue weighted by Crippen LogP contribution is 2.07. The van der Waals surface area contributed by atoms with Gasteiger partial charge in [0.1, 0.15) is 12.4 Å². The van der Waals surface area contributed by atoms with Crippen LogP contribution in [-0.4, -0.2) is 4.57 Å². The fourth-order valence-corrected chi connectivity index (χ4v) is 3.30. The van der Waals surface area contributed by atoms with Crippen LogP contribution in [0.1, 0.15) is 63.8 Å². The van der Waals surface area contributed by atoms with Crippen molar-refractivity contribution >= 4 is 0 Å². The molecule has 0 amide bonds. The van der Waals surface area contributed by atoms with Crippen LogP contribution >= 0.6 is 0 Å². The summed E-state index contributed by atoms with van der Waals surface area (Å²) in [4.78, 5) is 0. The average Bonchev–Trinajstić information content (AvgIpc) is 2.97.